The zero-order valence-corrected chi connectivity index (χ0v) is 17.4. The first kappa shape index (κ1) is 20.1. The predicted octanol–water partition coefficient (Wildman–Crippen LogP) is 1.69. The minimum absolute atomic E-state index is 0.190. The Balaban J connectivity index is 1.49. The van der Waals surface area contributed by atoms with Gasteiger partial charge < -0.3 is 15.0 Å². The van der Waals surface area contributed by atoms with Gasteiger partial charge in [-0.25, -0.2) is 14.6 Å². The second-order valence-electron chi connectivity index (χ2n) is 6.68. The van der Waals surface area contributed by atoms with Gasteiger partial charge in [-0.15, -0.1) is 0 Å². The summed E-state index contributed by atoms with van der Waals surface area (Å²) in [6.45, 7) is 3.81. The van der Waals surface area contributed by atoms with E-state index in [-0.39, 0.29) is 5.91 Å². The van der Waals surface area contributed by atoms with E-state index in [1.54, 1.807) is 35.1 Å². The normalized spacial score (nSPS) is 13.9. The molecule has 0 atom stereocenters. The summed E-state index contributed by atoms with van der Waals surface area (Å²) in [4.78, 5) is 23.9. The van der Waals surface area contributed by atoms with Crippen LogP contribution in [0, 0.1) is 11.3 Å². The number of thioether (sulfide) groups is 1. The van der Waals surface area contributed by atoms with E-state index in [4.69, 9.17) is 15.0 Å². The molecule has 0 saturated carbocycles. The average molecular weight is 424 g/mol. The molecule has 0 aliphatic carbocycles. The maximum atomic E-state index is 12.3. The summed E-state index contributed by atoms with van der Waals surface area (Å²) in [5.74, 6) is 0.685. The fourth-order valence-corrected chi connectivity index (χ4v) is 3.62. The monoisotopic (exact) mass is 423 g/mol. The van der Waals surface area contributed by atoms with Crippen molar-refractivity contribution in [3.8, 4) is 6.07 Å². The average Bonchev–Trinajstić information content (AvgIpc) is 3.21. The van der Waals surface area contributed by atoms with Gasteiger partial charge in [0, 0.05) is 25.2 Å². The minimum atomic E-state index is -0.190. The van der Waals surface area contributed by atoms with E-state index in [0.29, 0.717) is 42.6 Å². The number of amides is 1. The van der Waals surface area contributed by atoms with Crippen molar-refractivity contribution in [2.24, 2.45) is 0 Å². The van der Waals surface area contributed by atoms with Crippen molar-refractivity contribution in [2.75, 3.05) is 44.0 Å². The van der Waals surface area contributed by atoms with Gasteiger partial charge in [0.15, 0.2) is 10.8 Å². The van der Waals surface area contributed by atoms with Crippen molar-refractivity contribution >= 4 is 34.5 Å². The first-order valence-electron chi connectivity index (χ1n) is 9.58. The van der Waals surface area contributed by atoms with Crippen LogP contribution < -0.4 is 10.2 Å². The zero-order valence-electron chi connectivity index (χ0n) is 16.5. The van der Waals surface area contributed by atoms with Crippen molar-refractivity contribution in [3.63, 3.8) is 0 Å². The fourth-order valence-electron chi connectivity index (χ4n) is 3.27. The highest BCUT2D eigenvalue weighted by atomic mass is 32.2. The van der Waals surface area contributed by atoms with E-state index < -0.39 is 0 Å². The summed E-state index contributed by atoms with van der Waals surface area (Å²) in [5.41, 5.74) is 1.79. The van der Waals surface area contributed by atoms with E-state index in [9.17, 15) is 4.79 Å². The summed E-state index contributed by atoms with van der Waals surface area (Å²) in [7, 11) is 0. The number of morpholine rings is 1. The molecule has 4 rings (SSSR count). The van der Waals surface area contributed by atoms with Gasteiger partial charge in [-0.1, -0.05) is 11.8 Å². The molecule has 0 radical (unpaired) electrons. The van der Waals surface area contributed by atoms with Crippen molar-refractivity contribution < 1.29 is 9.53 Å². The lowest BCUT2D eigenvalue weighted by Gasteiger charge is -2.28. The molecule has 0 bridgehead atoms. The van der Waals surface area contributed by atoms with Crippen LogP contribution >= 0.6 is 11.8 Å². The molecule has 1 amide bonds. The predicted molar refractivity (Wildman–Crippen MR) is 114 cm³/mol. The maximum Gasteiger partial charge on any atom is 0.251 e. The van der Waals surface area contributed by atoms with Gasteiger partial charge in [0.2, 0.25) is 0 Å². The fraction of sp³-hybridized carbons (Fsp3) is 0.350. The summed E-state index contributed by atoms with van der Waals surface area (Å²) in [6, 6.07) is 8.58. The van der Waals surface area contributed by atoms with Crippen LogP contribution in [-0.4, -0.2) is 64.8 Å². The molecule has 1 fully saturated rings. The Kier molecular flexibility index (Phi) is 6.11. The number of fused-ring (bicyclic) bond motifs is 1. The van der Waals surface area contributed by atoms with Crippen LogP contribution in [0.3, 0.4) is 0 Å². The number of nitrogens with one attached hydrogen (secondary N) is 1. The van der Waals surface area contributed by atoms with Crippen molar-refractivity contribution in [1.82, 2.24) is 25.1 Å². The lowest BCUT2D eigenvalue weighted by Crippen LogP contribution is -2.37. The molecule has 30 heavy (non-hydrogen) atoms. The highest BCUT2D eigenvalue weighted by molar-refractivity contribution is 7.98. The number of benzene rings is 1. The third-order valence-corrected chi connectivity index (χ3v) is 5.38. The van der Waals surface area contributed by atoms with Gasteiger partial charge in [0.1, 0.15) is 5.82 Å². The van der Waals surface area contributed by atoms with E-state index in [1.807, 2.05) is 12.3 Å². The first-order chi connectivity index (χ1) is 14.7. The molecule has 1 N–H and O–H groups in total. The third-order valence-electron chi connectivity index (χ3n) is 4.83. The molecule has 2 aromatic heterocycles. The molecule has 154 valence electrons. The largest absolute Gasteiger partial charge is 0.378 e. The molecule has 10 heteroatoms. The van der Waals surface area contributed by atoms with E-state index in [0.717, 1.165) is 29.9 Å². The molecule has 1 aromatic carbocycles. The standard InChI is InChI=1S/C20H21N7O2S/c1-30-20-24-17(26-8-10-29-11-9-26)16-13-23-27(18(16)25-20)7-6-22-19(28)15-4-2-14(12-21)3-5-15/h2-5,13H,6-11H2,1H3,(H,22,28). The van der Waals surface area contributed by atoms with Crippen LogP contribution in [0.1, 0.15) is 15.9 Å². The molecule has 3 aromatic rings. The summed E-state index contributed by atoms with van der Waals surface area (Å²) >= 11 is 1.49. The number of ether oxygens (including phenoxy) is 1. The SMILES string of the molecule is CSc1nc(N2CCOCC2)c2cnn(CCNC(=O)c3ccc(C#N)cc3)c2n1. The zero-order chi connectivity index (χ0) is 20.9. The number of carbonyl (C=O) groups excluding carboxylic acids is 1. The lowest BCUT2D eigenvalue weighted by atomic mass is 10.1. The second-order valence-corrected chi connectivity index (χ2v) is 7.46. The summed E-state index contributed by atoms with van der Waals surface area (Å²) < 4.78 is 7.24. The minimum Gasteiger partial charge on any atom is -0.378 e. The Bertz CT molecular complexity index is 1080. The molecular formula is C20H21N7O2S. The van der Waals surface area contributed by atoms with Crippen molar-refractivity contribution in [3.05, 3.63) is 41.6 Å². The van der Waals surface area contributed by atoms with Crippen LogP contribution in [0.4, 0.5) is 5.82 Å². The molecule has 0 spiro atoms. The van der Waals surface area contributed by atoms with Crippen LogP contribution in [0.2, 0.25) is 0 Å². The number of rotatable bonds is 6. The summed E-state index contributed by atoms with van der Waals surface area (Å²) in [6.07, 6.45) is 3.73. The van der Waals surface area contributed by atoms with E-state index in [2.05, 4.69) is 20.3 Å². The Labute approximate surface area is 178 Å². The molecule has 1 saturated heterocycles. The van der Waals surface area contributed by atoms with Crippen LogP contribution in [0.5, 0.6) is 0 Å². The number of nitriles is 1. The van der Waals surface area contributed by atoms with Crippen molar-refractivity contribution in [1.29, 1.82) is 5.26 Å². The van der Waals surface area contributed by atoms with Gasteiger partial charge in [-0.3, -0.25) is 4.79 Å². The lowest BCUT2D eigenvalue weighted by molar-refractivity contribution is 0.0952. The van der Waals surface area contributed by atoms with Gasteiger partial charge >= 0.3 is 0 Å². The topological polar surface area (TPSA) is 109 Å². The molecule has 0 unspecified atom stereocenters. The highest BCUT2D eigenvalue weighted by Crippen LogP contribution is 2.27. The highest BCUT2D eigenvalue weighted by Gasteiger charge is 2.20. The Hall–Kier alpha value is -3.16. The van der Waals surface area contributed by atoms with Crippen LogP contribution in [-0.2, 0) is 11.3 Å². The number of hydrogen-bond donors (Lipinski definition) is 1. The quantitative estimate of drug-likeness (QED) is 0.471. The van der Waals surface area contributed by atoms with Gasteiger partial charge in [-0.2, -0.15) is 10.4 Å². The number of aromatic nitrogens is 4. The Morgan fingerprint density at radius 3 is 2.73 bits per heavy atom. The number of nitrogens with zero attached hydrogens (tertiary/aromatic N) is 6. The molecular weight excluding hydrogens is 402 g/mol. The van der Waals surface area contributed by atoms with Gasteiger partial charge in [0.25, 0.3) is 5.91 Å². The third kappa shape index (κ3) is 4.22. The van der Waals surface area contributed by atoms with Crippen molar-refractivity contribution in [2.45, 2.75) is 11.7 Å². The van der Waals surface area contributed by atoms with Gasteiger partial charge in [0.05, 0.1) is 43.0 Å². The Morgan fingerprint density at radius 2 is 2.03 bits per heavy atom. The number of anilines is 1. The molecule has 1 aliphatic rings. The van der Waals surface area contributed by atoms with E-state index in [1.165, 1.54) is 11.8 Å². The van der Waals surface area contributed by atoms with Crippen LogP contribution in [0.15, 0.2) is 35.6 Å². The Morgan fingerprint density at radius 1 is 1.27 bits per heavy atom. The molecule has 9 nitrogen and oxygen atoms in total. The van der Waals surface area contributed by atoms with Gasteiger partial charge in [-0.05, 0) is 30.5 Å². The molecule has 3 heterocycles. The maximum absolute atomic E-state index is 12.3. The first-order valence-corrected chi connectivity index (χ1v) is 10.8. The van der Waals surface area contributed by atoms with E-state index >= 15 is 0 Å². The van der Waals surface area contributed by atoms with Crippen LogP contribution in [0.25, 0.3) is 11.0 Å². The summed E-state index contributed by atoms with van der Waals surface area (Å²) in [5, 5.41) is 17.8. The number of hydrogen-bond acceptors (Lipinski definition) is 8. The number of carbonyl (C=O) groups is 1. The molecule has 1 aliphatic heterocycles. The smallest absolute Gasteiger partial charge is 0.251 e. The second kappa shape index (κ2) is 9.11.